The molecule has 0 aliphatic rings. The number of rotatable bonds is 7. The molecule has 19 heavy (non-hydrogen) atoms. The Morgan fingerprint density at radius 1 is 1.16 bits per heavy atom. The summed E-state index contributed by atoms with van der Waals surface area (Å²) in [6.45, 7) is 6.12. The van der Waals surface area contributed by atoms with E-state index >= 15 is 0 Å². The van der Waals surface area contributed by atoms with E-state index in [0.29, 0.717) is 0 Å². The zero-order valence-electron chi connectivity index (χ0n) is 11.8. The van der Waals surface area contributed by atoms with Crippen molar-refractivity contribution in [3.05, 3.63) is 42.1 Å². The van der Waals surface area contributed by atoms with Gasteiger partial charge in [-0.15, -0.1) is 0 Å². The Balaban J connectivity index is 2.15. The second-order valence-electron chi connectivity index (χ2n) is 4.66. The molecule has 2 heterocycles. The van der Waals surface area contributed by atoms with Gasteiger partial charge in [-0.25, -0.2) is 9.97 Å². The molecule has 0 aromatic carbocycles. The molecule has 1 N–H and O–H groups in total. The normalized spacial score (nSPS) is 10.6. The lowest BCUT2D eigenvalue weighted by molar-refractivity contribution is 0.704. The van der Waals surface area contributed by atoms with Crippen molar-refractivity contribution >= 4 is 5.82 Å². The fourth-order valence-electron chi connectivity index (χ4n) is 2.09. The highest BCUT2D eigenvalue weighted by Crippen LogP contribution is 2.14. The van der Waals surface area contributed by atoms with Gasteiger partial charge in [-0.3, -0.25) is 0 Å². The maximum atomic E-state index is 4.43. The van der Waals surface area contributed by atoms with Crippen LogP contribution in [-0.4, -0.2) is 21.1 Å². The van der Waals surface area contributed by atoms with Crippen LogP contribution in [0.1, 0.15) is 38.1 Å². The molecule has 2 aromatic heterocycles. The first-order chi connectivity index (χ1) is 9.35. The van der Waals surface area contributed by atoms with Crippen LogP contribution in [0.4, 0.5) is 5.82 Å². The van der Waals surface area contributed by atoms with E-state index in [2.05, 4.69) is 39.8 Å². The number of hydrogen-bond acceptors (Lipinski definition) is 3. The zero-order chi connectivity index (χ0) is 13.5. The molecule has 4 heteroatoms. The van der Waals surface area contributed by atoms with Gasteiger partial charge in [-0.2, -0.15) is 0 Å². The number of pyridine rings is 1. The molecule has 0 radical (unpaired) electrons. The largest absolute Gasteiger partial charge is 0.370 e. The molecule has 0 fully saturated rings. The molecule has 0 aliphatic carbocycles. The molecular weight excluding hydrogens is 236 g/mol. The van der Waals surface area contributed by atoms with Crippen LogP contribution < -0.4 is 5.32 Å². The maximum absolute atomic E-state index is 4.43. The minimum absolute atomic E-state index is 0.829. The first-order valence-electron chi connectivity index (χ1n) is 7.03. The van der Waals surface area contributed by atoms with Gasteiger partial charge in [0.1, 0.15) is 11.6 Å². The summed E-state index contributed by atoms with van der Waals surface area (Å²) >= 11 is 0. The number of hydrogen-bond donors (Lipinski definition) is 1. The molecule has 0 unspecified atom stereocenters. The van der Waals surface area contributed by atoms with E-state index in [1.165, 1.54) is 5.56 Å². The fourth-order valence-corrected chi connectivity index (χ4v) is 2.09. The fraction of sp³-hybridized carbons (Fsp3) is 0.467. The van der Waals surface area contributed by atoms with Gasteiger partial charge in [0.25, 0.3) is 0 Å². The number of aromatic nitrogens is 3. The van der Waals surface area contributed by atoms with Gasteiger partial charge in [0.15, 0.2) is 0 Å². The number of anilines is 1. The van der Waals surface area contributed by atoms with Crippen LogP contribution in [0.2, 0.25) is 0 Å². The highest BCUT2D eigenvalue weighted by Gasteiger charge is 2.06. The van der Waals surface area contributed by atoms with Crippen molar-refractivity contribution in [3.8, 4) is 0 Å². The number of aryl methyl sites for hydroxylation is 1. The van der Waals surface area contributed by atoms with E-state index in [1.54, 1.807) is 0 Å². The smallest absolute Gasteiger partial charge is 0.130 e. The second-order valence-corrected chi connectivity index (χ2v) is 4.66. The van der Waals surface area contributed by atoms with E-state index < -0.39 is 0 Å². The summed E-state index contributed by atoms with van der Waals surface area (Å²) in [5.41, 5.74) is 1.21. The lowest BCUT2D eigenvalue weighted by Gasteiger charge is -2.12. The maximum Gasteiger partial charge on any atom is 0.130 e. The van der Waals surface area contributed by atoms with Gasteiger partial charge in [-0.05, 0) is 18.9 Å². The number of nitrogens with one attached hydrogen (secondary N) is 1. The molecular formula is C15H22N4. The summed E-state index contributed by atoms with van der Waals surface area (Å²) in [6.07, 6.45) is 8.99. The third kappa shape index (κ3) is 3.56. The predicted molar refractivity (Wildman–Crippen MR) is 78.3 cm³/mol. The van der Waals surface area contributed by atoms with Crippen molar-refractivity contribution in [1.82, 2.24) is 14.5 Å². The van der Waals surface area contributed by atoms with Gasteiger partial charge < -0.3 is 9.88 Å². The van der Waals surface area contributed by atoms with Crippen LogP contribution in [0, 0.1) is 0 Å². The Bertz CT molecular complexity index is 504. The molecule has 4 nitrogen and oxygen atoms in total. The first kappa shape index (κ1) is 13.6. The van der Waals surface area contributed by atoms with Crippen LogP contribution in [0.3, 0.4) is 0 Å². The molecule has 0 spiro atoms. The summed E-state index contributed by atoms with van der Waals surface area (Å²) in [5.74, 6) is 2.13. The highest BCUT2D eigenvalue weighted by atomic mass is 15.1. The summed E-state index contributed by atoms with van der Waals surface area (Å²) in [7, 11) is 0. The van der Waals surface area contributed by atoms with Gasteiger partial charge >= 0.3 is 0 Å². The van der Waals surface area contributed by atoms with Crippen LogP contribution in [0.5, 0.6) is 0 Å². The molecule has 0 aliphatic heterocycles. The van der Waals surface area contributed by atoms with Crippen molar-refractivity contribution < 1.29 is 0 Å². The highest BCUT2D eigenvalue weighted by molar-refractivity contribution is 5.43. The van der Waals surface area contributed by atoms with Gasteiger partial charge in [0.2, 0.25) is 0 Å². The van der Waals surface area contributed by atoms with Crippen molar-refractivity contribution in [1.29, 1.82) is 0 Å². The molecule has 0 saturated heterocycles. The Morgan fingerprint density at radius 2 is 2.05 bits per heavy atom. The van der Waals surface area contributed by atoms with Gasteiger partial charge in [0, 0.05) is 37.1 Å². The minimum Gasteiger partial charge on any atom is -0.370 e. The summed E-state index contributed by atoms with van der Waals surface area (Å²) < 4.78 is 2.21. The van der Waals surface area contributed by atoms with E-state index in [4.69, 9.17) is 0 Å². The van der Waals surface area contributed by atoms with E-state index in [0.717, 1.165) is 44.0 Å². The second kappa shape index (κ2) is 6.92. The molecule has 102 valence electrons. The lowest BCUT2D eigenvalue weighted by Crippen LogP contribution is -2.09. The standard InChI is InChI=1S/C15H22N4/c1-3-6-14-16-10-11-19(14)12-13-7-5-9-18-15(13)17-8-4-2/h5,7,9-11H,3-4,6,8,12H2,1-2H3,(H,17,18). The quantitative estimate of drug-likeness (QED) is 0.830. The van der Waals surface area contributed by atoms with E-state index in [9.17, 15) is 0 Å². The summed E-state index contributed by atoms with van der Waals surface area (Å²) in [4.78, 5) is 8.84. The average Bonchev–Trinajstić information content (AvgIpc) is 2.86. The number of imidazole rings is 1. The van der Waals surface area contributed by atoms with Gasteiger partial charge in [-0.1, -0.05) is 19.9 Å². The van der Waals surface area contributed by atoms with E-state index in [1.807, 2.05) is 24.7 Å². The third-order valence-corrected chi connectivity index (χ3v) is 3.05. The Kier molecular flexibility index (Phi) is 4.95. The molecule has 2 aromatic rings. The Hall–Kier alpha value is -1.84. The zero-order valence-corrected chi connectivity index (χ0v) is 11.8. The Labute approximate surface area is 114 Å². The van der Waals surface area contributed by atoms with Crippen molar-refractivity contribution in [2.75, 3.05) is 11.9 Å². The van der Waals surface area contributed by atoms with Crippen LogP contribution in [-0.2, 0) is 13.0 Å². The molecule has 0 bridgehead atoms. The minimum atomic E-state index is 0.829. The lowest BCUT2D eigenvalue weighted by atomic mass is 10.2. The number of nitrogens with zero attached hydrogens (tertiary/aromatic N) is 3. The topological polar surface area (TPSA) is 42.7 Å². The van der Waals surface area contributed by atoms with Crippen molar-refractivity contribution in [3.63, 3.8) is 0 Å². The molecule has 0 atom stereocenters. The first-order valence-corrected chi connectivity index (χ1v) is 7.03. The SMILES string of the molecule is CCCNc1ncccc1Cn1ccnc1CCC. The summed E-state index contributed by atoms with van der Waals surface area (Å²) in [6, 6.07) is 4.11. The van der Waals surface area contributed by atoms with Crippen molar-refractivity contribution in [2.24, 2.45) is 0 Å². The average molecular weight is 258 g/mol. The van der Waals surface area contributed by atoms with Crippen LogP contribution in [0.15, 0.2) is 30.7 Å². The third-order valence-electron chi connectivity index (χ3n) is 3.05. The van der Waals surface area contributed by atoms with Gasteiger partial charge in [0.05, 0.1) is 6.54 Å². The van der Waals surface area contributed by atoms with Crippen molar-refractivity contribution in [2.45, 2.75) is 39.7 Å². The monoisotopic (exact) mass is 258 g/mol. The van der Waals surface area contributed by atoms with Crippen LogP contribution >= 0.6 is 0 Å². The molecule has 2 rings (SSSR count). The summed E-state index contributed by atoms with van der Waals surface area (Å²) in [5, 5.41) is 3.38. The predicted octanol–water partition coefficient (Wildman–Crippen LogP) is 3.10. The Morgan fingerprint density at radius 3 is 2.84 bits per heavy atom. The van der Waals surface area contributed by atoms with Crippen LogP contribution in [0.25, 0.3) is 0 Å². The van der Waals surface area contributed by atoms with E-state index in [-0.39, 0.29) is 0 Å². The molecule has 0 amide bonds. The molecule has 0 saturated carbocycles.